The molecule has 0 aromatic heterocycles. The number of nitrogens with two attached hydrogens (primary N) is 1. The molecule has 0 radical (unpaired) electrons. The van der Waals surface area contributed by atoms with Gasteiger partial charge in [0.2, 0.25) is 0 Å². The minimum absolute atomic E-state index is 0.318. The van der Waals surface area contributed by atoms with Crippen molar-refractivity contribution in [3.63, 3.8) is 0 Å². The maximum absolute atomic E-state index is 12.8. The number of nitrogens with zero attached hydrogens (tertiary/aromatic N) is 1. The summed E-state index contributed by atoms with van der Waals surface area (Å²) in [5.74, 6) is 0.167. The number of ether oxygens (including phenoxy) is 1. The van der Waals surface area contributed by atoms with E-state index in [1.54, 1.807) is 6.07 Å². The lowest BCUT2D eigenvalue weighted by molar-refractivity contribution is 0.302. The number of nitriles is 1. The van der Waals surface area contributed by atoms with E-state index in [1.807, 2.05) is 13.0 Å². The predicted octanol–water partition coefficient (Wildman–Crippen LogP) is 1.75. The van der Waals surface area contributed by atoms with E-state index < -0.39 is 6.04 Å². The summed E-state index contributed by atoms with van der Waals surface area (Å²) < 4.78 is 18.2. The molecule has 0 aliphatic heterocycles. The lowest BCUT2D eigenvalue weighted by atomic mass is 10.2. The van der Waals surface area contributed by atoms with Gasteiger partial charge in [-0.1, -0.05) is 6.07 Å². The maximum atomic E-state index is 12.8. The third kappa shape index (κ3) is 3.56. The molecule has 0 saturated heterocycles. The first kappa shape index (κ1) is 11.5. The van der Waals surface area contributed by atoms with Crippen LogP contribution >= 0.6 is 0 Å². The molecule has 0 spiro atoms. The van der Waals surface area contributed by atoms with Gasteiger partial charge in [0.05, 0.1) is 18.7 Å². The zero-order valence-electron chi connectivity index (χ0n) is 8.53. The van der Waals surface area contributed by atoms with Crippen molar-refractivity contribution < 1.29 is 9.13 Å². The Labute approximate surface area is 88.3 Å². The largest absolute Gasteiger partial charge is 0.493 e. The third-order valence-electron chi connectivity index (χ3n) is 2.00. The van der Waals surface area contributed by atoms with E-state index in [4.69, 9.17) is 15.7 Å². The molecule has 0 saturated carbocycles. The van der Waals surface area contributed by atoms with Crippen LogP contribution in [-0.4, -0.2) is 12.6 Å². The second-order valence-electron chi connectivity index (χ2n) is 3.28. The van der Waals surface area contributed by atoms with Gasteiger partial charge in [-0.05, 0) is 18.6 Å². The fourth-order valence-corrected chi connectivity index (χ4v) is 1.09. The van der Waals surface area contributed by atoms with Gasteiger partial charge in [0, 0.05) is 12.5 Å². The van der Waals surface area contributed by atoms with Crippen molar-refractivity contribution in [2.45, 2.75) is 19.4 Å². The van der Waals surface area contributed by atoms with Crippen LogP contribution in [0.3, 0.4) is 0 Å². The molecular weight excluding hydrogens is 195 g/mol. The molecule has 0 aliphatic carbocycles. The van der Waals surface area contributed by atoms with Crippen LogP contribution in [-0.2, 0) is 0 Å². The van der Waals surface area contributed by atoms with Gasteiger partial charge in [0.1, 0.15) is 11.6 Å². The van der Waals surface area contributed by atoms with Crippen molar-refractivity contribution in [2.24, 2.45) is 5.73 Å². The number of benzene rings is 1. The van der Waals surface area contributed by atoms with Crippen molar-refractivity contribution in [1.82, 2.24) is 0 Å². The van der Waals surface area contributed by atoms with Gasteiger partial charge in [-0.15, -0.1) is 0 Å². The molecule has 1 unspecified atom stereocenters. The molecule has 1 atom stereocenters. The first-order valence-corrected chi connectivity index (χ1v) is 4.67. The number of hydrogen-bond donors (Lipinski definition) is 1. The summed E-state index contributed by atoms with van der Waals surface area (Å²) in [5.41, 5.74) is 6.25. The Morgan fingerprint density at radius 2 is 2.33 bits per heavy atom. The summed E-state index contributed by atoms with van der Waals surface area (Å²) in [6.45, 7) is 2.15. The molecule has 1 aromatic carbocycles. The number of hydrogen-bond acceptors (Lipinski definition) is 3. The number of rotatable bonds is 4. The van der Waals surface area contributed by atoms with E-state index in [0.717, 1.165) is 5.56 Å². The monoisotopic (exact) mass is 208 g/mol. The van der Waals surface area contributed by atoms with Crippen LogP contribution in [0.25, 0.3) is 0 Å². The van der Waals surface area contributed by atoms with Crippen molar-refractivity contribution in [1.29, 1.82) is 5.26 Å². The van der Waals surface area contributed by atoms with Crippen LogP contribution in [0.4, 0.5) is 4.39 Å². The van der Waals surface area contributed by atoms with Gasteiger partial charge < -0.3 is 10.5 Å². The normalized spacial score (nSPS) is 11.9. The van der Waals surface area contributed by atoms with Gasteiger partial charge in [-0.2, -0.15) is 5.26 Å². The molecule has 15 heavy (non-hydrogen) atoms. The quantitative estimate of drug-likeness (QED) is 0.820. The maximum Gasteiger partial charge on any atom is 0.126 e. The highest BCUT2D eigenvalue weighted by molar-refractivity contribution is 5.32. The first-order valence-electron chi connectivity index (χ1n) is 4.67. The Bertz CT molecular complexity index is 373. The summed E-state index contributed by atoms with van der Waals surface area (Å²) in [7, 11) is 0. The van der Waals surface area contributed by atoms with E-state index in [-0.39, 0.29) is 5.82 Å². The molecular formula is C11H13FN2O. The first-order chi connectivity index (χ1) is 7.13. The summed E-state index contributed by atoms with van der Waals surface area (Å²) in [4.78, 5) is 0. The number of aryl methyl sites for hydroxylation is 1. The summed E-state index contributed by atoms with van der Waals surface area (Å²) in [5, 5.41) is 8.44. The smallest absolute Gasteiger partial charge is 0.126 e. The second-order valence-corrected chi connectivity index (χ2v) is 3.28. The van der Waals surface area contributed by atoms with Gasteiger partial charge in [0.25, 0.3) is 0 Å². The van der Waals surface area contributed by atoms with Gasteiger partial charge >= 0.3 is 0 Å². The molecule has 2 N–H and O–H groups in total. The van der Waals surface area contributed by atoms with Gasteiger partial charge in [0.15, 0.2) is 0 Å². The Morgan fingerprint density at radius 3 is 3.00 bits per heavy atom. The average Bonchev–Trinajstić information content (AvgIpc) is 2.23. The van der Waals surface area contributed by atoms with Crippen molar-refractivity contribution >= 4 is 0 Å². The average molecular weight is 208 g/mol. The topological polar surface area (TPSA) is 59.0 Å². The lowest BCUT2D eigenvalue weighted by Gasteiger charge is -2.09. The zero-order valence-corrected chi connectivity index (χ0v) is 8.53. The Kier molecular flexibility index (Phi) is 4.07. The predicted molar refractivity (Wildman–Crippen MR) is 54.8 cm³/mol. The van der Waals surface area contributed by atoms with E-state index >= 15 is 0 Å². The fraction of sp³-hybridized carbons (Fsp3) is 0.364. The highest BCUT2D eigenvalue weighted by Crippen LogP contribution is 2.18. The minimum Gasteiger partial charge on any atom is -0.493 e. The highest BCUT2D eigenvalue weighted by Gasteiger charge is 2.03. The zero-order chi connectivity index (χ0) is 11.3. The summed E-state index contributed by atoms with van der Waals surface area (Å²) >= 11 is 0. The summed E-state index contributed by atoms with van der Waals surface area (Å²) in [6.07, 6.45) is 0.437. The van der Waals surface area contributed by atoms with Crippen LogP contribution in [0.2, 0.25) is 0 Å². The van der Waals surface area contributed by atoms with Crippen LogP contribution in [0.1, 0.15) is 12.0 Å². The summed E-state index contributed by atoms with van der Waals surface area (Å²) in [6, 6.07) is 5.72. The molecule has 0 aliphatic rings. The van der Waals surface area contributed by atoms with Crippen molar-refractivity contribution in [3.8, 4) is 11.8 Å². The molecule has 0 fully saturated rings. The third-order valence-corrected chi connectivity index (χ3v) is 2.00. The van der Waals surface area contributed by atoms with E-state index in [1.165, 1.54) is 12.1 Å². The van der Waals surface area contributed by atoms with Crippen molar-refractivity contribution in [3.05, 3.63) is 29.6 Å². The molecule has 0 heterocycles. The van der Waals surface area contributed by atoms with Gasteiger partial charge in [-0.3, -0.25) is 0 Å². The Balaban J connectivity index is 2.51. The molecule has 3 nitrogen and oxygen atoms in total. The standard InChI is InChI=1S/C11H13FN2O/c1-8-2-3-9(12)6-11(8)15-5-4-10(14)7-13/h2-3,6,10H,4-5,14H2,1H3. The Hall–Kier alpha value is -1.60. The molecule has 1 aromatic rings. The second kappa shape index (κ2) is 5.32. The highest BCUT2D eigenvalue weighted by atomic mass is 19.1. The molecule has 80 valence electrons. The van der Waals surface area contributed by atoms with Crippen LogP contribution in [0, 0.1) is 24.1 Å². The Morgan fingerprint density at radius 1 is 1.60 bits per heavy atom. The lowest BCUT2D eigenvalue weighted by Crippen LogP contribution is -2.20. The van der Waals surface area contributed by atoms with E-state index in [0.29, 0.717) is 18.8 Å². The molecule has 1 rings (SSSR count). The molecule has 0 amide bonds. The molecule has 0 bridgehead atoms. The van der Waals surface area contributed by atoms with Crippen LogP contribution in [0.15, 0.2) is 18.2 Å². The SMILES string of the molecule is Cc1ccc(F)cc1OCCC(N)C#N. The fourth-order valence-electron chi connectivity index (χ4n) is 1.09. The van der Waals surface area contributed by atoms with Gasteiger partial charge in [-0.25, -0.2) is 4.39 Å². The van der Waals surface area contributed by atoms with E-state index in [9.17, 15) is 4.39 Å². The van der Waals surface area contributed by atoms with Crippen molar-refractivity contribution in [2.75, 3.05) is 6.61 Å². The minimum atomic E-state index is -0.529. The molecule has 4 heteroatoms. The van der Waals surface area contributed by atoms with Crippen LogP contribution in [0.5, 0.6) is 5.75 Å². The van der Waals surface area contributed by atoms with E-state index in [2.05, 4.69) is 0 Å². The van der Waals surface area contributed by atoms with Crippen LogP contribution < -0.4 is 10.5 Å². The number of halogens is 1.